The molecular weight excluding hydrogens is 671 g/mol. The zero-order chi connectivity index (χ0) is 34.0. The van der Waals surface area contributed by atoms with Crippen LogP contribution in [0.1, 0.15) is 61.6 Å². The third kappa shape index (κ3) is 7.81. The molecular formula is C33H41ClF3N5O5S. The van der Waals surface area contributed by atoms with E-state index in [0.717, 1.165) is 62.5 Å². The summed E-state index contributed by atoms with van der Waals surface area (Å²) in [5, 5.41) is 16.4. The zero-order valence-electron chi connectivity index (χ0n) is 26.6. The molecule has 262 valence electrons. The Hall–Kier alpha value is -3.23. The number of hydrogen-bond acceptors (Lipinski definition) is 7. The van der Waals surface area contributed by atoms with Gasteiger partial charge in [0, 0.05) is 56.6 Å². The third-order valence-electron chi connectivity index (χ3n) is 10.1. The van der Waals surface area contributed by atoms with Crippen LogP contribution in [0.15, 0.2) is 22.9 Å². The quantitative estimate of drug-likeness (QED) is 0.370. The molecule has 6 rings (SSSR count). The zero-order valence-corrected chi connectivity index (χ0v) is 28.2. The Labute approximate surface area is 286 Å². The van der Waals surface area contributed by atoms with Gasteiger partial charge in [0.1, 0.15) is 5.75 Å². The predicted molar refractivity (Wildman–Crippen MR) is 175 cm³/mol. The minimum Gasteiger partial charge on any atom is -0.506 e. The highest BCUT2D eigenvalue weighted by molar-refractivity contribution is 7.08. The largest absolute Gasteiger partial charge is 0.506 e. The number of piperidine rings is 3. The molecule has 4 amide bonds. The molecule has 0 unspecified atom stereocenters. The molecule has 0 bridgehead atoms. The first-order chi connectivity index (χ1) is 23.0. The van der Waals surface area contributed by atoms with Crippen molar-refractivity contribution in [3.63, 3.8) is 0 Å². The van der Waals surface area contributed by atoms with Crippen molar-refractivity contribution in [2.45, 2.75) is 82.2 Å². The van der Waals surface area contributed by atoms with Gasteiger partial charge in [-0.05, 0) is 86.7 Å². The molecule has 1 atom stereocenters. The van der Waals surface area contributed by atoms with Crippen molar-refractivity contribution in [2.75, 3.05) is 51.1 Å². The Balaban J connectivity index is 1.12. The average Bonchev–Trinajstić information content (AvgIpc) is 3.45. The molecule has 3 fully saturated rings. The summed E-state index contributed by atoms with van der Waals surface area (Å²) >= 11 is 7.52. The fraction of sp³-hybridized carbons (Fsp3) is 0.606. The summed E-state index contributed by atoms with van der Waals surface area (Å²) in [6, 6.07) is 2.02. The summed E-state index contributed by atoms with van der Waals surface area (Å²) in [7, 11) is 0. The van der Waals surface area contributed by atoms with E-state index in [2.05, 4.69) is 10.2 Å². The molecule has 4 aliphatic rings. The van der Waals surface area contributed by atoms with E-state index < -0.39 is 40.6 Å². The van der Waals surface area contributed by atoms with Gasteiger partial charge in [-0.2, -0.15) is 13.2 Å². The topological polar surface area (TPSA) is 106 Å². The number of carbonyl (C=O) groups is 3. The van der Waals surface area contributed by atoms with Gasteiger partial charge in [0.2, 0.25) is 0 Å². The summed E-state index contributed by atoms with van der Waals surface area (Å²) < 4.78 is 46.9. The van der Waals surface area contributed by atoms with Gasteiger partial charge < -0.3 is 34.8 Å². The highest BCUT2D eigenvalue weighted by Crippen LogP contribution is 2.41. The predicted octanol–water partition coefficient (Wildman–Crippen LogP) is 6.21. The van der Waals surface area contributed by atoms with Gasteiger partial charge in [-0.25, -0.2) is 9.59 Å². The molecule has 15 heteroatoms. The maximum atomic E-state index is 13.9. The van der Waals surface area contributed by atoms with Crippen molar-refractivity contribution >= 4 is 46.7 Å². The van der Waals surface area contributed by atoms with Crippen molar-refractivity contribution < 1.29 is 37.4 Å². The highest BCUT2D eigenvalue weighted by Gasteiger charge is 2.38. The highest BCUT2D eigenvalue weighted by atomic mass is 35.5. The normalized spacial score (nSPS) is 21.0. The number of halogens is 4. The van der Waals surface area contributed by atoms with Crippen LogP contribution in [0.4, 0.5) is 28.4 Å². The smallest absolute Gasteiger partial charge is 0.420 e. The first-order valence-electron chi connectivity index (χ1n) is 16.7. The SMILES string of the molecule is O=C(O[C@H](Cc1cc(Cl)c(O)c(C(F)(F)F)c1)C(=O)N1CCC(N2CCCCC2)CC1)N1CCC(N2CCc3cscc3NC2=O)CC1. The summed E-state index contributed by atoms with van der Waals surface area (Å²) in [6.07, 6.45) is -0.519. The summed E-state index contributed by atoms with van der Waals surface area (Å²) in [5.74, 6) is -1.56. The maximum Gasteiger partial charge on any atom is 0.420 e. The Morgan fingerprint density at radius 3 is 2.31 bits per heavy atom. The molecule has 0 saturated carbocycles. The molecule has 1 aromatic carbocycles. The first kappa shape index (κ1) is 34.6. The standard InChI is InChI=1S/C33H41ClF3N5O5S/c34-26-17-21(16-25(29(26)43)33(35,36)37)18-28(30(44)40-11-5-23(6-12-40)39-9-2-1-3-10-39)47-32(46)41-13-7-24(8-14-41)42-15-4-22-19-48-20-27(22)38-31(42)45/h16-17,19-20,23-24,28,43H,1-15,18H2,(H,38,45)/t28-/m1/s1. The van der Waals surface area contributed by atoms with E-state index in [1.807, 2.05) is 10.8 Å². The van der Waals surface area contributed by atoms with Gasteiger partial charge in [-0.15, -0.1) is 11.3 Å². The molecule has 0 aliphatic carbocycles. The van der Waals surface area contributed by atoms with E-state index in [4.69, 9.17) is 16.3 Å². The van der Waals surface area contributed by atoms with Crippen LogP contribution in [0.25, 0.3) is 0 Å². The first-order valence-corrected chi connectivity index (χ1v) is 18.0. The Kier molecular flexibility index (Phi) is 10.6. The molecule has 3 saturated heterocycles. The van der Waals surface area contributed by atoms with Crippen LogP contribution in [0.3, 0.4) is 0 Å². The second-order valence-corrected chi connectivity index (χ2v) is 14.3. The van der Waals surface area contributed by atoms with Gasteiger partial charge in [-0.1, -0.05) is 18.0 Å². The second-order valence-electron chi connectivity index (χ2n) is 13.1. The van der Waals surface area contributed by atoms with Gasteiger partial charge in [-0.3, -0.25) is 4.79 Å². The monoisotopic (exact) mass is 711 g/mol. The molecule has 2 aromatic rings. The lowest BCUT2D eigenvalue weighted by molar-refractivity contribution is -0.142. The van der Waals surface area contributed by atoms with Gasteiger partial charge in [0.05, 0.1) is 16.3 Å². The molecule has 0 radical (unpaired) electrons. The van der Waals surface area contributed by atoms with Crippen molar-refractivity contribution in [1.29, 1.82) is 0 Å². The lowest BCUT2D eigenvalue weighted by atomic mass is 9.98. The minimum atomic E-state index is -4.88. The maximum absolute atomic E-state index is 13.9. The number of nitrogens with one attached hydrogen (secondary N) is 1. The van der Waals surface area contributed by atoms with Crippen molar-refractivity contribution in [3.05, 3.63) is 44.6 Å². The van der Waals surface area contributed by atoms with E-state index in [1.165, 1.54) is 17.4 Å². The second kappa shape index (κ2) is 14.7. The molecule has 2 N–H and O–H groups in total. The number of hydrogen-bond donors (Lipinski definition) is 2. The Morgan fingerprint density at radius 2 is 1.62 bits per heavy atom. The van der Waals surface area contributed by atoms with Crippen LogP contribution >= 0.6 is 22.9 Å². The minimum absolute atomic E-state index is 0.0127. The number of thiophene rings is 1. The van der Waals surface area contributed by atoms with Crippen molar-refractivity contribution in [2.24, 2.45) is 0 Å². The number of phenolic OH excluding ortho intramolecular Hbond substituents is 1. The molecule has 48 heavy (non-hydrogen) atoms. The van der Waals surface area contributed by atoms with Gasteiger partial charge in [0.15, 0.2) is 6.10 Å². The van der Waals surface area contributed by atoms with Crippen LogP contribution < -0.4 is 5.32 Å². The summed E-state index contributed by atoms with van der Waals surface area (Å²) in [6.45, 7) is 4.12. The van der Waals surface area contributed by atoms with Crippen molar-refractivity contribution in [1.82, 2.24) is 19.6 Å². The number of urea groups is 1. The number of rotatable bonds is 6. The van der Waals surface area contributed by atoms with E-state index >= 15 is 0 Å². The van der Waals surface area contributed by atoms with Crippen LogP contribution in [0.2, 0.25) is 5.02 Å². The number of anilines is 1. The van der Waals surface area contributed by atoms with E-state index in [9.17, 15) is 32.7 Å². The lowest BCUT2D eigenvalue weighted by Gasteiger charge is -2.41. The van der Waals surface area contributed by atoms with Crippen LogP contribution in [-0.2, 0) is 28.5 Å². The van der Waals surface area contributed by atoms with Gasteiger partial charge in [0.25, 0.3) is 5.91 Å². The van der Waals surface area contributed by atoms with E-state index in [-0.39, 0.29) is 24.1 Å². The number of amides is 4. The molecule has 10 nitrogen and oxygen atoms in total. The number of likely N-dealkylation sites (tertiary alicyclic amines) is 3. The molecule has 1 aromatic heterocycles. The van der Waals surface area contributed by atoms with Crippen molar-refractivity contribution in [3.8, 4) is 5.75 Å². The van der Waals surface area contributed by atoms with E-state index in [0.29, 0.717) is 51.6 Å². The number of aromatic hydroxyl groups is 1. The lowest BCUT2D eigenvalue weighted by Crippen LogP contribution is -2.53. The van der Waals surface area contributed by atoms with Gasteiger partial charge >= 0.3 is 18.3 Å². The summed E-state index contributed by atoms with van der Waals surface area (Å²) in [4.78, 5) is 47.7. The molecule has 4 aliphatic heterocycles. The summed E-state index contributed by atoms with van der Waals surface area (Å²) in [5.41, 5.74) is 0.621. The number of carbonyl (C=O) groups excluding carboxylic acids is 3. The van der Waals surface area contributed by atoms with Crippen LogP contribution in [0, 0.1) is 0 Å². The number of phenols is 1. The Morgan fingerprint density at radius 1 is 0.958 bits per heavy atom. The van der Waals surface area contributed by atoms with E-state index in [1.54, 1.807) is 21.1 Å². The average molecular weight is 712 g/mol. The fourth-order valence-electron chi connectivity index (χ4n) is 7.38. The van der Waals surface area contributed by atoms with Crippen LogP contribution in [-0.4, -0.2) is 107 Å². The molecule has 0 spiro atoms. The van der Waals surface area contributed by atoms with Crippen LogP contribution in [0.5, 0.6) is 5.75 Å². The fourth-order valence-corrected chi connectivity index (χ4v) is 8.45. The number of fused-ring (bicyclic) bond motifs is 1. The number of alkyl halides is 3. The Bertz CT molecular complexity index is 1490. The molecule has 5 heterocycles. The number of ether oxygens (including phenoxy) is 1. The number of nitrogens with zero attached hydrogens (tertiary/aromatic N) is 4. The third-order valence-corrected chi connectivity index (χ3v) is 11.2. The number of benzene rings is 1.